The predicted octanol–water partition coefficient (Wildman–Crippen LogP) is 3.76. The fourth-order valence-corrected chi connectivity index (χ4v) is 1.73. The molecule has 0 spiro atoms. The molecule has 0 unspecified atom stereocenters. The topological polar surface area (TPSA) is 3.24 Å². The van der Waals surface area contributed by atoms with Gasteiger partial charge in [0.1, 0.15) is 0 Å². The fraction of sp³-hybridized carbons (Fsp3) is 0.250. The van der Waals surface area contributed by atoms with E-state index in [-0.39, 0.29) is 0 Å². The zero-order valence-corrected chi connectivity index (χ0v) is 10.4. The lowest BCUT2D eigenvalue weighted by molar-refractivity contribution is 0.344. The van der Waals surface area contributed by atoms with E-state index in [4.69, 9.17) is 0 Å². The number of hydrogen-bond donors (Lipinski definition) is 0. The second-order valence-electron chi connectivity index (χ2n) is 4.06. The summed E-state index contributed by atoms with van der Waals surface area (Å²) in [5.74, 6) is 0. The Morgan fingerprint density at radius 1 is 1.06 bits per heavy atom. The van der Waals surface area contributed by atoms with E-state index in [2.05, 4.69) is 36.8 Å². The van der Waals surface area contributed by atoms with Gasteiger partial charge in [0.2, 0.25) is 0 Å². The maximum Gasteiger partial charge on any atom is 0.0164 e. The molecule has 1 nitrogen and oxygen atoms in total. The number of hydrogen-bond acceptors (Lipinski definition) is 1. The first-order chi connectivity index (χ1) is 8.27. The van der Waals surface area contributed by atoms with Crippen molar-refractivity contribution in [3.8, 4) is 0 Å². The first-order valence-electron chi connectivity index (χ1n) is 5.95. The Balaban J connectivity index is 2.46. The molecule has 1 heteroatoms. The molecule has 1 aromatic rings. The van der Waals surface area contributed by atoms with Gasteiger partial charge in [0, 0.05) is 19.6 Å². The molecule has 0 saturated heterocycles. The van der Waals surface area contributed by atoms with Crippen molar-refractivity contribution in [3.05, 3.63) is 67.8 Å². The molecule has 0 bridgehead atoms. The van der Waals surface area contributed by atoms with Gasteiger partial charge in [-0.05, 0) is 17.6 Å². The smallest absolute Gasteiger partial charge is 0.0164 e. The van der Waals surface area contributed by atoms with Crippen LogP contribution in [0.15, 0.2) is 62.2 Å². The van der Waals surface area contributed by atoms with Gasteiger partial charge < -0.3 is 0 Å². The molecule has 0 N–H and O–H groups in total. The second-order valence-corrected chi connectivity index (χ2v) is 4.06. The van der Waals surface area contributed by atoms with Crippen LogP contribution in [0.4, 0.5) is 0 Å². The van der Waals surface area contributed by atoms with Crippen LogP contribution >= 0.6 is 0 Å². The highest BCUT2D eigenvalue weighted by Crippen LogP contribution is 2.15. The largest absolute Gasteiger partial charge is 0.296 e. The molecule has 1 aromatic carbocycles. The molecule has 0 saturated carbocycles. The van der Waals surface area contributed by atoms with Crippen LogP contribution in [0.5, 0.6) is 0 Å². The van der Waals surface area contributed by atoms with Crippen LogP contribution < -0.4 is 0 Å². The second kappa shape index (κ2) is 7.64. The minimum Gasteiger partial charge on any atom is -0.296 e. The Morgan fingerprint density at radius 2 is 1.65 bits per heavy atom. The van der Waals surface area contributed by atoms with Crippen LogP contribution in [0.3, 0.4) is 0 Å². The van der Waals surface area contributed by atoms with Crippen molar-refractivity contribution in [2.45, 2.75) is 6.42 Å². The number of rotatable bonds is 8. The van der Waals surface area contributed by atoms with E-state index in [9.17, 15) is 0 Å². The summed E-state index contributed by atoms with van der Waals surface area (Å²) in [5.41, 5.74) is 2.41. The van der Waals surface area contributed by atoms with Crippen LogP contribution in [0.1, 0.15) is 12.0 Å². The summed E-state index contributed by atoms with van der Waals surface area (Å²) >= 11 is 0. The standard InChI is InChI=1S/C16H21N/c1-4-12-17(13-5-2)14-11-15(3)16-9-7-6-8-10-16/h4-10H,1-3,11-14H2. The quantitative estimate of drug-likeness (QED) is 0.611. The lowest BCUT2D eigenvalue weighted by atomic mass is 10.0. The van der Waals surface area contributed by atoms with Gasteiger partial charge in [-0.15, -0.1) is 13.2 Å². The van der Waals surface area contributed by atoms with Crippen LogP contribution in [0, 0.1) is 0 Å². The van der Waals surface area contributed by atoms with Gasteiger partial charge in [-0.25, -0.2) is 0 Å². The van der Waals surface area contributed by atoms with Crippen molar-refractivity contribution in [2.75, 3.05) is 19.6 Å². The molecular weight excluding hydrogens is 206 g/mol. The van der Waals surface area contributed by atoms with Gasteiger partial charge in [0.15, 0.2) is 0 Å². The molecule has 0 aromatic heterocycles. The highest BCUT2D eigenvalue weighted by atomic mass is 15.1. The Kier molecular flexibility index (Phi) is 6.05. The van der Waals surface area contributed by atoms with E-state index in [0.717, 1.165) is 26.1 Å². The third-order valence-electron chi connectivity index (χ3n) is 2.69. The van der Waals surface area contributed by atoms with E-state index < -0.39 is 0 Å². The molecule has 0 amide bonds. The van der Waals surface area contributed by atoms with Crippen molar-refractivity contribution >= 4 is 5.57 Å². The van der Waals surface area contributed by atoms with E-state index in [0.29, 0.717) is 0 Å². The monoisotopic (exact) mass is 227 g/mol. The lowest BCUT2D eigenvalue weighted by Gasteiger charge is -2.19. The van der Waals surface area contributed by atoms with Crippen LogP contribution in [0.25, 0.3) is 5.57 Å². The fourth-order valence-electron chi connectivity index (χ4n) is 1.73. The predicted molar refractivity (Wildman–Crippen MR) is 76.9 cm³/mol. The van der Waals surface area contributed by atoms with Gasteiger partial charge in [-0.1, -0.05) is 49.1 Å². The average molecular weight is 227 g/mol. The summed E-state index contributed by atoms with van der Waals surface area (Å²) in [6.07, 6.45) is 4.83. The van der Waals surface area contributed by atoms with Gasteiger partial charge in [-0.3, -0.25) is 4.90 Å². The number of nitrogens with zero attached hydrogens (tertiary/aromatic N) is 1. The third kappa shape index (κ3) is 4.83. The van der Waals surface area contributed by atoms with Gasteiger partial charge >= 0.3 is 0 Å². The summed E-state index contributed by atoms with van der Waals surface area (Å²) < 4.78 is 0. The van der Waals surface area contributed by atoms with Crippen molar-refractivity contribution in [1.82, 2.24) is 4.90 Å². The first-order valence-corrected chi connectivity index (χ1v) is 5.95. The van der Waals surface area contributed by atoms with Crippen molar-refractivity contribution in [3.63, 3.8) is 0 Å². The van der Waals surface area contributed by atoms with E-state index in [1.165, 1.54) is 11.1 Å². The molecule has 0 heterocycles. The zero-order valence-electron chi connectivity index (χ0n) is 10.4. The summed E-state index contributed by atoms with van der Waals surface area (Å²) in [5, 5.41) is 0. The summed E-state index contributed by atoms with van der Waals surface area (Å²) in [7, 11) is 0. The van der Waals surface area contributed by atoms with Gasteiger partial charge in [0.05, 0.1) is 0 Å². The van der Waals surface area contributed by atoms with Crippen LogP contribution in [-0.2, 0) is 0 Å². The van der Waals surface area contributed by atoms with Crippen molar-refractivity contribution in [2.24, 2.45) is 0 Å². The zero-order chi connectivity index (χ0) is 12.5. The summed E-state index contributed by atoms with van der Waals surface area (Å²) in [6, 6.07) is 10.3. The maximum absolute atomic E-state index is 4.14. The molecule has 0 aliphatic heterocycles. The third-order valence-corrected chi connectivity index (χ3v) is 2.69. The van der Waals surface area contributed by atoms with Crippen molar-refractivity contribution in [1.29, 1.82) is 0 Å². The Labute approximate surface area is 105 Å². The van der Waals surface area contributed by atoms with E-state index in [1.807, 2.05) is 30.4 Å². The molecule has 0 aliphatic rings. The SMILES string of the molecule is C=CCN(CC=C)CCC(=C)c1ccccc1. The summed E-state index contributed by atoms with van der Waals surface area (Å²) in [4.78, 5) is 2.30. The van der Waals surface area contributed by atoms with Crippen molar-refractivity contribution < 1.29 is 0 Å². The molecule has 17 heavy (non-hydrogen) atoms. The molecule has 90 valence electrons. The molecule has 1 rings (SSSR count). The Bertz CT molecular complexity index is 354. The van der Waals surface area contributed by atoms with E-state index in [1.54, 1.807) is 0 Å². The minimum absolute atomic E-state index is 0.897. The molecule has 0 radical (unpaired) electrons. The maximum atomic E-state index is 4.14. The highest BCUT2D eigenvalue weighted by molar-refractivity contribution is 5.63. The van der Waals surface area contributed by atoms with Crippen LogP contribution in [-0.4, -0.2) is 24.5 Å². The highest BCUT2D eigenvalue weighted by Gasteiger charge is 2.03. The first kappa shape index (κ1) is 13.5. The van der Waals surface area contributed by atoms with E-state index >= 15 is 0 Å². The Morgan fingerprint density at radius 3 is 2.18 bits per heavy atom. The minimum atomic E-state index is 0.897. The number of benzene rings is 1. The molecular formula is C16H21N. The molecule has 0 aliphatic carbocycles. The Hall–Kier alpha value is -1.60. The van der Waals surface area contributed by atoms with Gasteiger partial charge in [0.25, 0.3) is 0 Å². The average Bonchev–Trinajstić information content (AvgIpc) is 2.37. The molecule has 0 atom stereocenters. The van der Waals surface area contributed by atoms with Crippen LogP contribution in [0.2, 0.25) is 0 Å². The summed E-state index contributed by atoms with van der Waals surface area (Å²) in [6.45, 7) is 14.5. The molecule has 0 fully saturated rings. The normalized spacial score (nSPS) is 10.2. The van der Waals surface area contributed by atoms with Gasteiger partial charge in [-0.2, -0.15) is 0 Å². The lowest BCUT2D eigenvalue weighted by Crippen LogP contribution is -2.25.